The Kier molecular flexibility index (Phi) is 4.80. The smallest absolute Gasteiger partial charge is 0.218 e. The minimum Gasteiger partial charge on any atom is -0.313 e. The van der Waals surface area contributed by atoms with Crippen molar-refractivity contribution in [1.82, 2.24) is 9.62 Å². The quantitative estimate of drug-likeness (QED) is 0.840. The standard InChI is InChI=1S/C24H30N2O2S/c1-26(29(27,28)17-18-7-3-2-4-8-18)20-11-12-22-23-15-19-9-5-6-10-21(19)24(22,16-20)13-14-25-23/h2-10,20,22-23,25H,11-17H2,1H3/t20?,22-,23+,24+/m0/s1. The number of hydrogen-bond donors (Lipinski definition) is 1. The molecule has 0 radical (unpaired) electrons. The summed E-state index contributed by atoms with van der Waals surface area (Å²) in [5.41, 5.74) is 3.92. The number of fused-ring (bicyclic) bond motifs is 1. The lowest BCUT2D eigenvalue weighted by molar-refractivity contribution is 0.0493. The molecule has 2 aromatic rings. The van der Waals surface area contributed by atoms with E-state index >= 15 is 0 Å². The van der Waals surface area contributed by atoms with Crippen LogP contribution in [0.1, 0.15) is 42.4 Å². The number of nitrogens with zero attached hydrogens (tertiary/aromatic N) is 1. The first-order valence-electron chi connectivity index (χ1n) is 10.8. The highest BCUT2D eigenvalue weighted by Gasteiger charge is 2.54. The summed E-state index contributed by atoms with van der Waals surface area (Å²) < 4.78 is 28.1. The number of sulfonamides is 1. The highest BCUT2D eigenvalue weighted by atomic mass is 32.2. The molecule has 0 amide bonds. The van der Waals surface area contributed by atoms with E-state index in [1.807, 2.05) is 30.3 Å². The molecule has 1 unspecified atom stereocenters. The predicted octanol–water partition coefficient (Wildman–Crippen LogP) is 3.47. The topological polar surface area (TPSA) is 49.4 Å². The van der Waals surface area contributed by atoms with Crippen molar-refractivity contribution in [3.05, 3.63) is 71.3 Å². The summed E-state index contributed by atoms with van der Waals surface area (Å²) in [5.74, 6) is 0.700. The van der Waals surface area contributed by atoms with Crippen LogP contribution in [0.25, 0.3) is 0 Å². The van der Waals surface area contributed by atoms with Crippen LogP contribution in [0, 0.1) is 5.92 Å². The summed E-state index contributed by atoms with van der Waals surface area (Å²) in [6.45, 7) is 1.03. The first kappa shape index (κ1) is 19.3. The second-order valence-corrected chi connectivity index (χ2v) is 11.2. The van der Waals surface area contributed by atoms with Gasteiger partial charge in [-0.1, -0.05) is 54.6 Å². The molecule has 0 spiro atoms. The zero-order valence-corrected chi connectivity index (χ0v) is 17.9. The van der Waals surface area contributed by atoms with Crippen LogP contribution in [-0.2, 0) is 27.6 Å². The van der Waals surface area contributed by atoms with Crippen molar-refractivity contribution in [2.75, 3.05) is 13.6 Å². The molecule has 2 aliphatic carbocycles. The molecule has 154 valence electrons. The maximum absolute atomic E-state index is 13.2. The van der Waals surface area contributed by atoms with Crippen LogP contribution in [0.15, 0.2) is 54.6 Å². The van der Waals surface area contributed by atoms with Gasteiger partial charge in [-0.25, -0.2) is 12.7 Å². The number of hydrogen-bond acceptors (Lipinski definition) is 3. The third-order valence-corrected chi connectivity index (χ3v) is 9.60. The Morgan fingerprint density at radius 3 is 2.66 bits per heavy atom. The van der Waals surface area contributed by atoms with Gasteiger partial charge >= 0.3 is 0 Å². The van der Waals surface area contributed by atoms with Gasteiger partial charge in [0.05, 0.1) is 5.75 Å². The summed E-state index contributed by atoms with van der Waals surface area (Å²) in [6, 6.07) is 19.0. The van der Waals surface area contributed by atoms with Crippen LogP contribution in [0.2, 0.25) is 0 Å². The summed E-state index contributed by atoms with van der Waals surface area (Å²) in [7, 11) is -1.54. The van der Waals surface area contributed by atoms with E-state index in [1.54, 1.807) is 11.4 Å². The van der Waals surface area contributed by atoms with Gasteiger partial charge in [0.1, 0.15) is 0 Å². The van der Waals surface area contributed by atoms with Crippen molar-refractivity contribution in [1.29, 1.82) is 0 Å². The van der Waals surface area contributed by atoms with E-state index in [0.717, 1.165) is 44.2 Å². The van der Waals surface area contributed by atoms with Crippen LogP contribution in [0.4, 0.5) is 0 Å². The molecule has 1 N–H and O–H groups in total. The fourth-order valence-corrected chi connectivity index (χ4v) is 7.77. The molecular formula is C24H30N2O2S. The van der Waals surface area contributed by atoms with Crippen molar-refractivity contribution in [2.24, 2.45) is 5.92 Å². The van der Waals surface area contributed by atoms with Crippen molar-refractivity contribution in [3.8, 4) is 0 Å². The Morgan fingerprint density at radius 2 is 1.83 bits per heavy atom. The van der Waals surface area contributed by atoms with Gasteiger partial charge in [-0.2, -0.15) is 0 Å². The fraction of sp³-hybridized carbons (Fsp3) is 0.500. The van der Waals surface area contributed by atoms with Crippen molar-refractivity contribution in [3.63, 3.8) is 0 Å². The predicted molar refractivity (Wildman–Crippen MR) is 116 cm³/mol. The van der Waals surface area contributed by atoms with Crippen LogP contribution in [0.3, 0.4) is 0 Å². The Hall–Kier alpha value is -1.69. The molecule has 1 saturated carbocycles. The molecule has 4 atom stereocenters. The Balaban J connectivity index is 1.44. The average Bonchev–Trinajstić information content (AvgIpc) is 2.73. The molecule has 5 heteroatoms. The molecular weight excluding hydrogens is 380 g/mol. The minimum atomic E-state index is -3.34. The third-order valence-electron chi connectivity index (χ3n) is 7.72. The molecule has 1 aliphatic heterocycles. The van der Waals surface area contributed by atoms with E-state index in [4.69, 9.17) is 0 Å². The zero-order chi connectivity index (χ0) is 20.1. The van der Waals surface area contributed by atoms with E-state index in [0.29, 0.717) is 12.0 Å². The summed E-state index contributed by atoms with van der Waals surface area (Å²) in [6.07, 6.45) is 5.21. The van der Waals surface area contributed by atoms with E-state index in [1.165, 1.54) is 11.1 Å². The van der Waals surface area contributed by atoms with Gasteiger partial charge < -0.3 is 5.32 Å². The lowest BCUT2D eigenvalue weighted by Crippen LogP contribution is -2.62. The third kappa shape index (κ3) is 3.24. The van der Waals surface area contributed by atoms with Crippen molar-refractivity contribution in [2.45, 2.75) is 55.4 Å². The monoisotopic (exact) mass is 410 g/mol. The summed E-state index contributed by atoms with van der Waals surface area (Å²) >= 11 is 0. The highest BCUT2D eigenvalue weighted by molar-refractivity contribution is 7.88. The molecule has 3 aliphatic rings. The second kappa shape index (κ2) is 7.22. The normalized spacial score (nSPS) is 31.2. The average molecular weight is 411 g/mol. The molecule has 1 saturated heterocycles. The Morgan fingerprint density at radius 1 is 1.07 bits per heavy atom. The van der Waals surface area contributed by atoms with Crippen LogP contribution in [-0.4, -0.2) is 38.4 Å². The minimum absolute atomic E-state index is 0.0740. The fourth-order valence-electron chi connectivity index (χ4n) is 6.32. The van der Waals surface area contributed by atoms with Crippen LogP contribution >= 0.6 is 0 Å². The van der Waals surface area contributed by atoms with Crippen LogP contribution in [0.5, 0.6) is 0 Å². The summed E-state index contributed by atoms with van der Waals surface area (Å²) in [5, 5.41) is 3.76. The molecule has 5 rings (SSSR count). The van der Waals surface area contributed by atoms with Gasteiger partial charge in [0, 0.05) is 24.5 Å². The molecule has 29 heavy (non-hydrogen) atoms. The number of benzene rings is 2. The van der Waals surface area contributed by atoms with E-state index in [-0.39, 0.29) is 17.2 Å². The number of piperidine rings is 1. The SMILES string of the molecule is CN(C1CC[C@H]2[C@H]3Cc4ccccc4[C@@]2(CCN3)C1)S(=O)(=O)Cc1ccccc1. The Labute approximate surface area is 174 Å². The highest BCUT2D eigenvalue weighted by Crippen LogP contribution is 2.54. The summed E-state index contributed by atoms with van der Waals surface area (Å²) in [4.78, 5) is 0. The zero-order valence-electron chi connectivity index (χ0n) is 17.0. The van der Waals surface area contributed by atoms with Crippen molar-refractivity contribution >= 4 is 10.0 Å². The maximum Gasteiger partial charge on any atom is 0.218 e. The largest absolute Gasteiger partial charge is 0.313 e. The van der Waals surface area contributed by atoms with Crippen molar-refractivity contribution < 1.29 is 8.42 Å². The molecule has 2 bridgehead atoms. The second-order valence-electron chi connectivity index (χ2n) is 9.13. The lowest BCUT2D eigenvalue weighted by atomic mass is 9.52. The van der Waals surface area contributed by atoms with Gasteiger partial charge in [0.25, 0.3) is 0 Å². The molecule has 2 fully saturated rings. The maximum atomic E-state index is 13.2. The van der Waals surface area contributed by atoms with E-state index in [9.17, 15) is 8.42 Å². The number of nitrogens with one attached hydrogen (secondary N) is 1. The Bertz CT molecular complexity index is 991. The first-order valence-corrected chi connectivity index (χ1v) is 12.4. The lowest BCUT2D eigenvalue weighted by Gasteiger charge is -2.58. The van der Waals surface area contributed by atoms with E-state index in [2.05, 4.69) is 29.6 Å². The molecule has 0 aromatic heterocycles. The van der Waals surface area contributed by atoms with Gasteiger partial charge in [0.2, 0.25) is 10.0 Å². The first-order chi connectivity index (χ1) is 14.0. The molecule has 2 aromatic carbocycles. The number of rotatable bonds is 4. The van der Waals surface area contributed by atoms with Gasteiger partial charge in [-0.05, 0) is 61.3 Å². The van der Waals surface area contributed by atoms with Gasteiger partial charge in [-0.15, -0.1) is 0 Å². The van der Waals surface area contributed by atoms with Gasteiger partial charge in [-0.3, -0.25) is 0 Å². The van der Waals surface area contributed by atoms with Crippen LogP contribution < -0.4 is 5.32 Å². The van der Waals surface area contributed by atoms with E-state index < -0.39 is 10.0 Å². The van der Waals surface area contributed by atoms with Gasteiger partial charge in [0.15, 0.2) is 0 Å². The molecule has 1 heterocycles. The molecule has 4 nitrogen and oxygen atoms in total.